The van der Waals surface area contributed by atoms with Crippen LogP contribution >= 0.6 is 0 Å². The zero-order chi connectivity index (χ0) is 13.8. The zero-order valence-corrected chi connectivity index (χ0v) is 12.0. The van der Waals surface area contributed by atoms with Crippen molar-refractivity contribution in [3.05, 3.63) is 47.5 Å². The number of benzene rings is 1. The summed E-state index contributed by atoms with van der Waals surface area (Å²) in [6, 6.07) is 8.87. The lowest BCUT2D eigenvalue weighted by Gasteiger charge is -2.25. The molecule has 0 saturated heterocycles. The van der Waals surface area contributed by atoms with Gasteiger partial charge in [-0.05, 0) is 43.2 Å². The Morgan fingerprint density at radius 3 is 3.15 bits per heavy atom. The van der Waals surface area contributed by atoms with Gasteiger partial charge in [-0.3, -0.25) is 0 Å². The summed E-state index contributed by atoms with van der Waals surface area (Å²) in [6.45, 7) is 4.86. The number of aromatic nitrogens is 3. The number of rotatable bonds is 5. The highest BCUT2D eigenvalue weighted by molar-refractivity contribution is 5.32. The Hall–Kier alpha value is -1.68. The molecule has 2 aromatic rings. The SMILES string of the molecule is CCn1cnnc1CNCC1CCCc2ccccc21. The molecule has 0 radical (unpaired) electrons. The first kappa shape index (κ1) is 13.3. The number of hydrogen-bond acceptors (Lipinski definition) is 3. The Morgan fingerprint density at radius 1 is 1.35 bits per heavy atom. The molecule has 0 amide bonds. The molecular formula is C16H22N4. The second-order valence-electron chi connectivity index (χ2n) is 5.45. The second kappa shape index (κ2) is 6.18. The van der Waals surface area contributed by atoms with E-state index in [-0.39, 0.29) is 0 Å². The predicted octanol–water partition coefficient (Wildman–Crippen LogP) is 2.51. The average Bonchev–Trinajstić information content (AvgIpc) is 2.95. The van der Waals surface area contributed by atoms with Gasteiger partial charge in [0.05, 0.1) is 6.54 Å². The van der Waals surface area contributed by atoms with Gasteiger partial charge in [-0.25, -0.2) is 0 Å². The van der Waals surface area contributed by atoms with E-state index in [1.54, 1.807) is 6.33 Å². The third kappa shape index (κ3) is 2.75. The topological polar surface area (TPSA) is 42.7 Å². The first-order chi connectivity index (χ1) is 9.88. The Balaban J connectivity index is 1.60. The Labute approximate surface area is 120 Å². The van der Waals surface area contributed by atoms with Gasteiger partial charge in [0.15, 0.2) is 0 Å². The van der Waals surface area contributed by atoms with Crippen molar-refractivity contribution in [2.24, 2.45) is 0 Å². The maximum absolute atomic E-state index is 4.16. The van der Waals surface area contributed by atoms with Crippen LogP contribution in [0.5, 0.6) is 0 Å². The summed E-state index contributed by atoms with van der Waals surface area (Å²) in [7, 11) is 0. The van der Waals surface area contributed by atoms with Gasteiger partial charge in [0.25, 0.3) is 0 Å². The van der Waals surface area contributed by atoms with Crippen molar-refractivity contribution < 1.29 is 0 Å². The predicted molar refractivity (Wildman–Crippen MR) is 79.5 cm³/mol. The van der Waals surface area contributed by atoms with Crippen LogP contribution in [0.25, 0.3) is 0 Å². The molecule has 0 spiro atoms. The maximum atomic E-state index is 4.16. The fraction of sp³-hybridized carbons (Fsp3) is 0.500. The molecule has 0 fully saturated rings. The summed E-state index contributed by atoms with van der Waals surface area (Å²) in [5.74, 6) is 1.66. The Morgan fingerprint density at radius 2 is 2.25 bits per heavy atom. The van der Waals surface area contributed by atoms with E-state index >= 15 is 0 Å². The molecule has 1 N–H and O–H groups in total. The summed E-state index contributed by atoms with van der Waals surface area (Å²) in [5, 5.41) is 11.7. The fourth-order valence-electron chi connectivity index (χ4n) is 3.10. The van der Waals surface area contributed by atoms with Gasteiger partial charge in [0.1, 0.15) is 12.2 Å². The molecule has 106 valence electrons. The molecule has 20 heavy (non-hydrogen) atoms. The van der Waals surface area contributed by atoms with Crippen LogP contribution in [0.15, 0.2) is 30.6 Å². The molecule has 1 unspecified atom stereocenters. The van der Waals surface area contributed by atoms with Crippen molar-refractivity contribution in [3.8, 4) is 0 Å². The molecule has 1 aliphatic rings. The van der Waals surface area contributed by atoms with E-state index < -0.39 is 0 Å². The molecule has 1 aromatic heterocycles. The average molecular weight is 270 g/mol. The summed E-state index contributed by atoms with van der Waals surface area (Å²) in [5.41, 5.74) is 3.06. The molecular weight excluding hydrogens is 248 g/mol. The summed E-state index contributed by atoms with van der Waals surface area (Å²) in [4.78, 5) is 0. The van der Waals surface area contributed by atoms with Crippen LogP contribution in [-0.4, -0.2) is 21.3 Å². The molecule has 1 heterocycles. The third-order valence-electron chi connectivity index (χ3n) is 4.20. The number of nitrogens with one attached hydrogen (secondary N) is 1. The Kier molecular flexibility index (Phi) is 4.11. The van der Waals surface area contributed by atoms with E-state index in [0.717, 1.165) is 25.5 Å². The molecule has 1 aromatic carbocycles. The van der Waals surface area contributed by atoms with Crippen molar-refractivity contribution in [3.63, 3.8) is 0 Å². The molecule has 0 aliphatic heterocycles. The molecule has 1 aliphatic carbocycles. The van der Waals surface area contributed by atoms with Crippen LogP contribution in [0.4, 0.5) is 0 Å². The van der Waals surface area contributed by atoms with Gasteiger partial charge < -0.3 is 9.88 Å². The summed E-state index contributed by atoms with van der Waals surface area (Å²) < 4.78 is 2.09. The monoisotopic (exact) mass is 270 g/mol. The van der Waals surface area contributed by atoms with E-state index in [1.807, 2.05) is 0 Å². The highest BCUT2D eigenvalue weighted by Gasteiger charge is 2.19. The van der Waals surface area contributed by atoms with Crippen molar-refractivity contribution in [2.75, 3.05) is 6.54 Å². The van der Waals surface area contributed by atoms with Crippen molar-refractivity contribution in [1.82, 2.24) is 20.1 Å². The second-order valence-corrected chi connectivity index (χ2v) is 5.45. The van der Waals surface area contributed by atoms with Crippen LogP contribution in [0, 0.1) is 0 Å². The van der Waals surface area contributed by atoms with Gasteiger partial charge in [-0.2, -0.15) is 0 Å². The van der Waals surface area contributed by atoms with Gasteiger partial charge >= 0.3 is 0 Å². The van der Waals surface area contributed by atoms with Crippen molar-refractivity contribution >= 4 is 0 Å². The quantitative estimate of drug-likeness (QED) is 0.907. The molecule has 0 bridgehead atoms. The standard InChI is InChI=1S/C16H22N4/c1-2-20-12-18-19-16(20)11-17-10-14-8-5-7-13-6-3-4-9-15(13)14/h3-4,6,9,12,14,17H,2,5,7-8,10-11H2,1H3. The zero-order valence-electron chi connectivity index (χ0n) is 12.0. The van der Waals surface area contributed by atoms with E-state index in [1.165, 1.54) is 30.4 Å². The van der Waals surface area contributed by atoms with Crippen molar-refractivity contribution in [2.45, 2.75) is 45.2 Å². The van der Waals surface area contributed by atoms with Crippen LogP contribution in [0.2, 0.25) is 0 Å². The van der Waals surface area contributed by atoms with Gasteiger partial charge in [0.2, 0.25) is 0 Å². The van der Waals surface area contributed by atoms with Crippen LogP contribution < -0.4 is 5.32 Å². The van der Waals surface area contributed by atoms with Gasteiger partial charge in [0, 0.05) is 13.1 Å². The van der Waals surface area contributed by atoms with Crippen LogP contribution in [-0.2, 0) is 19.5 Å². The third-order valence-corrected chi connectivity index (χ3v) is 4.20. The van der Waals surface area contributed by atoms with Crippen LogP contribution in [0.3, 0.4) is 0 Å². The minimum Gasteiger partial charge on any atom is -0.317 e. The normalized spacial score (nSPS) is 17.9. The first-order valence-corrected chi connectivity index (χ1v) is 7.53. The molecule has 1 atom stereocenters. The van der Waals surface area contributed by atoms with Crippen LogP contribution in [0.1, 0.15) is 42.6 Å². The maximum Gasteiger partial charge on any atom is 0.146 e. The lowest BCUT2D eigenvalue weighted by Crippen LogP contribution is -2.25. The Bertz CT molecular complexity index is 561. The molecule has 4 nitrogen and oxygen atoms in total. The number of aryl methyl sites for hydroxylation is 2. The largest absolute Gasteiger partial charge is 0.317 e. The van der Waals surface area contributed by atoms with E-state index in [9.17, 15) is 0 Å². The summed E-state index contributed by atoms with van der Waals surface area (Å²) in [6.07, 6.45) is 5.61. The van der Waals surface area contributed by atoms with Gasteiger partial charge in [-0.1, -0.05) is 24.3 Å². The first-order valence-electron chi connectivity index (χ1n) is 7.53. The fourth-order valence-corrected chi connectivity index (χ4v) is 3.10. The van der Waals surface area contributed by atoms with E-state index in [0.29, 0.717) is 5.92 Å². The number of nitrogens with zero attached hydrogens (tertiary/aromatic N) is 3. The highest BCUT2D eigenvalue weighted by Crippen LogP contribution is 2.30. The number of hydrogen-bond donors (Lipinski definition) is 1. The molecule has 3 rings (SSSR count). The number of fused-ring (bicyclic) bond motifs is 1. The molecule has 4 heteroatoms. The van der Waals surface area contributed by atoms with E-state index in [4.69, 9.17) is 0 Å². The van der Waals surface area contributed by atoms with E-state index in [2.05, 4.69) is 51.3 Å². The van der Waals surface area contributed by atoms with Crippen molar-refractivity contribution in [1.29, 1.82) is 0 Å². The summed E-state index contributed by atoms with van der Waals surface area (Å²) >= 11 is 0. The van der Waals surface area contributed by atoms with Gasteiger partial charge in [-0.15, -0.1) is 10.2 Å². The minimum atomic E-state index is 0.637. The lowest BCUT2D eigenvalue weighted by atomic mass is 9.83. The lowest BCUT2D eigenvalue weighted by molar-refractivity contribution is 0.496. The minimum absolute atomic E-state index is 0.637. The smallest absolute Gasteiger partial charge is 0.146 e. The highest BCUT2D eigenvalue weighted by atomic mass is 15.3. The molecule has 0 saturated carbocycles.